The summed E-state index contributed by atoms with van der Waals surface area (Å²) in [5.41, 5.74) is -0.388. The summed E-state index contributed by atoms with van der Waals surface area (Å²) in [5.74, 6) is 2.02. The standard InChI is InChI=1S/C21H34O6S2/c1-13-7-8-16-14(2)17(29-12-6-5-11-23-19(22)28-4)24-18-21(16)15(13)9-10-20(3,25-18)26-27-21/h13-18H,5-12H2,1-4H3/t13-,14-,15+,16+,17+,18-,20-,21-/m1/s1. The molecule has 166 valence electrons. The Hall–Kier alpha value is 0.01000. The summed E-state index contributed by atoms with van der Waals surface area (Å²) in [6.45, 7) is 7.09. The summed E-state index contributed by atoms with van der Waals surface area (Å²) in [6.07, 6.45) is 7.51. The minimum Gasteiger partial charge on any atom is -0.458 e. The molecule has 0 aromatic rings. The second-order valence-corrected chi connectivity index (χ2v) is 11.1. The fourth-order valence-corrected chi connectivity index (χ4v) is 7.16. The van der Waals surface area contributed by atoms with Crippen molar-refractivity contribution in [2.24, 2.45) is 23.7 Å². The first kappa shape index (κ1) is 22.2. The summed E-state index contributed by atoms with van der Waals surface area (Å²) < 4.78 is 18.1. The summed E-state index contributed by atoms with van der Waals surface area (Å²) >= 11 is 2.97. The molecule has 1 saturated carbocycles. The van der Waals surface area contributed by atoms with Gasteiger partial charge in [0, 0.05) is 12.3 Å². The lowest BCUT2D eigenvalue weighted by Gasteiger charge is -2.60. The quantitative estimate of drug-likeness (QED) is 0.313. The number of ether oxygens (including phenoxy) is 3. The third kappa shape index (κ3) is 4.10. The molecule has 4 saturated heterocycles. The molecule has 0 N–H and O–H groups in total. The molecule has 8 heteroatoms. The van der Waals surface area contributed by atoms with Crippen LogP contribution in [0.2, 0.25) is 0 Å². The molecular formula is C21H34O6S2. The third-order valence-electron chi connectivity index (χ3n) is 7.30. The monoisotopic (exact) mass is 446 g/mol. The maximum atomic E-state index is 11.2. The lowest BCUT2D eigenvalue weighted by atomic mass is 9.58. The maximum Gasteiger partial charge on any atom is 0.367 e. The normalized spacial score (nSPS) is 46.1. The molecule has 2 bridgehead atoms. The number of thioether (sulfide) groups is 2. The van der Waals surface area contributed by atoms with Crippen molar-refractivity contribution in [3.05, 3.63) is 0 Å². The van der Waals surface area contributed by atoms with Gasteiger partial charge in [0.25, 0.3) is 0 Å². The van der Waals surface area contributed by atoms with E-state index in [1.807, 2.05) is 18.7 Å². The highest BCUT2D eigenvalue weighted by Gasteiger charge is 2.69. The van der Waals surface area contributed by atoms with E-state index in [2.05, 4.69) is 13.8 Å². The second kappa shape index (κ2) is 8.87. The van der Waals surface area contributed by atoms with Crippen LogP contribution in [0.1, 0.15) is 59.3 Å². The molecule has 0 aromatic carbocycles. The van der Waals surface area contributed by atoms with E-state index in [9.17, 15) is 4.79 Å². The number of hydrogen-bond acceptors (Lipinski definition) is 8. The smallest absolute Gasteiger partial charge is 0.367 e. The highest BCUT2D eigenvalue weighted by molar-refractivity contribution is 8.12. The lowest BCUT2D eigenvalue weighted by Crippen LogP contribution is -2.70. The van der Waals surface area contributed by atoms with Crippen LogP contribution in [-0.4, -0.2) is 47.0 Å². The van der Waals surface area contributed by atoms with Crippen molar-refractivity contribution < 1.29 is 28.8 Å². The van der Waals surface area contributed by atoms with E-state index >= 15 is 0 Å². The van der Waals surface area contributed by atoms with Gasteiger partial charge in [-0.25, -0.2) is 14.6 Å². The van der Waals surface area contributed by atoms with Crippen LogP contribution in [0.25, 0.3) is 0 Å². The van der Waals surface area contributed by atoms with E-state index < -0.39 is 11.4 Å². The van der Waals surface area contributed by atoms with Gasteiger partial charge in [0.1, 0.15) is 5.44 Å². The van der Waals surface area contributed by atoms with E-state index in [1.165, 1.54) is 6.42 Å². The first-order chi connectivity index (χ1) is 13.9. The van der Waals surface area contributed by atoms with Crippen LogP contribution < -0.4 is 0 Å². The van der Waals surface area contributed by atoms with Gasteiger partial charge in [0.15, 0.2) is 11.9 Å². The maximum absolute atomic E-state index is 11.2. The predicted octanol–water partition coefficient (Wildman–Crippen LogP) is 5.21. The Morgan fingerprint density at radius 2 is 1.97 bits per heavy atom. The molecular weight excluding hydrogens is 412 g/mol. The topological polar surface area (TPSA) is 63.2 Å². The Balaban J connectivity index is 1.39. The van der Waals surface area contributed by atoms with E-state index in [-0.39, 0.29) is 17.0 Å². The Morgan fingerprint density at radius 1 is 1.14 bits per heavy atom. The first-order valence-electron chi connectivity index (χ1n) is 10.9. The molecule has 5 fully saturated rings. The summed E-state index contributed by atoms with van der Waals surface area (Å²) in [7, 11) is 0. The number of carbonyl (C=O) groups is 1. The number of unbranched alkanes of at least 4 members (excludes halogenated alkanes) is 1. The molecule has 1 aliphatic carbocycles. The zero-order chi connectivity index (χ0) is 20.6. The average Bonchev–Trinajstić information content (AvgIpc) is 2.94. The molecule has 0 radical (unpaired) electrons. The third-order valence-corrected chi connectivity index (χ3v) is 9.15. The minimum absolute atomic E-state index is 0.0879. The molecule has 0 unspecified atom stereocenters. The van der Waals surface area contributed by atoms with Gasteiger partial charge >= 0.3 is 5.30 Å². The van der Waals surface area contributed by atoms with Gasteiger partial charge in [-0.05, 0) is 80.6 Å². The van der Waals surface area contributed by atoms with Crippen molar-refractivity contribution in [1.29, 1.82) is 0 Å². The van der Waals surface area contributed by atoms with Crippen molar-refractivity contribution in [2.45, 2.75) is 82.4 Å². The first-order valence-corrected chi connectivity index (χ1v) is 13.2. The van der Waals surface area contributed by atoms with Gasteiger partial charge in [0.05, 0.1) is 6.61 Å². The zero-order valence-corrected chi connectivity index (χ0v) is 19.5. The fraction of sp³-hybridized carbons (Fsp3) is 0.952. The SMILES string of the molecule is CSC(=O)OCCCCS[C@@H]1O[C@@H]2O[C@@]3(C)CC[C@H]4[C@H](C)CC[C@@H]([C@H]1C)[C@@]24OO3. The number of rotatable bonds is 6. The van der Waals surface area contributed by atoms with Crippen molar-refractivity contribution >= 4 is 28.8 Å². The average molecular weight is 447 g/mol. The lowest BCUT2D eigenvalue weighted by molar-refractivity contribution is -0.568. The van der Waals surface area contributed by atoms with Gasteiger partial charge < -0.3 is 14.2 Å². The van der Waals surface area contributed by atoms with Crippen molar-refractivity contribution in [2.75, 3.05) is 18.6 Å². The van der Waals surface area contributed by atoms with Crippen LogP contribution in [-0.2, 0) is 24.0 Å². The van der Waals surface area contributed by atoms with Crippen LogP contribution in [0.3, 0.4) is 0 Å². The van der Waals surface area contributed by atoms with Crippen LogP contribution in [0.5, 0.6) is 0 Å². The highest BCUT2D eigenvalue weighted by Crippen LogP contribution is 2.61. The van der Waals surface area contributed by atoms with E-state index in [4.69, 9.17) is 24.0 Å². The van der Waals surface area contributed by atoms with Crippen LogP contribution >= 0.6 is 23.5 Å². The largest absolute Gasteiger partial charge is 0.458 e. The molecule has 0 amide bonds. The zero-order valence-electron chi connectivity index (χ0n) is 17.9. The Kier molecular flexibility index (Phi) is 6.79. The number of fused-ring (bicyclic) bond motifs is 2. The summed E-state index contributed by atoms with van der Waals surface area (Å²) in [5, 5.41) is -0.204. The van der Waals surface area contributed by atoms with Gasteiger partial charge in [-0.1, -0.05) is 13.8 Å². The minimum atomic E-state index is -0.714. The molecule has 5 rings (SSSR count). The van der Waals surface area contributed by atoms with Gasteiger partial charge in [0.2, 0.25) is 5.79 Å². The van der Waals surface area contributed by atoms with Crippen molar-refractivity contribution in [1.82, 2.24) is 0 Å². The van der Waals surface area contributed by atoms with Crippen LogP contribution in [0.15, 0.2) is 0 Å². The Bertz CT molecular complexity index is 606. The summed E-state index contributed by atoms with van der Waals surface area (Å²) in [4.78, 5) is 23.2. The fourth-order valence-electron chi connectivity index (χ4n) is 5.68. The van der Waals surface area contributed by atoms with E-state index in [0.29, 0.717) is 30.3 Å². The van der Waals surface area contributed by atoms with E-state index in [0.717, 1.165) is 49.6 Å². The second-order valence-electron chi connectivity index (χ2n) is 9.15. The molecule has 4 heterocycles. The number of carbonyl (C=O) groups excluding carboxylic acids is 1. The molecule has 4 aliphatic heterocycles. The molecule has 0 aromatic heterocycles. The molecule has 1 spiro atoms. The van der Waals surface area contributed by atoms with Gasteiger partial charge in [-0.15, -0.1) is 11.8 Å². The predicted molar refractivity (Wildman–Crippen MR) is 113 cm³/mol. The van der Waals surface area contributed by atoms with Crippen LogP contribution in [0, 0.1) is 23.7 Å². The molecule has 29 heavy (non-hydrogen) atoms. The molecule has 6 nitrogen and oxygen atoms in total. The van der Waals surface area contributed by atoms with E-state index in [1.54, 1.807) is 6.26 Å². The van der Waals surface area contributed by atoms with Crippen LogP contribution in [0.4, 0.5) is 4.79 Å². The Morgan fingerprint density at radius 3 is 2.76 bits per heavy atom. The van der Waals surface area contributed by atoms with Gasteiger partial charge in [-0.2, -0.15) is 0 Å². The van der Waals surface area contributed by atoms with Gasteiger partial charge in [-0.3, -0.25) is 0 Å². The van der Waals surface area contributed by atoms with Crippen molar-refractivity contribution in [3.63, 3.8) is 0 Å². The summed E-state index contributed by atoms with van der Waals surface area (Å²) in [6, 6.07) is 0. The Labute approximate surface area is 182 Å². The molecule has 5 aliphatic rings. The number of hydrogen-bond donors (Lipinski definition) is 0. The van der Waals surface area contributed by atoms with Crippen molar-refractivity contribution in [3.8, 4) is 0 Å². The molecule has 8 atom stereocenters. The highest BCUT2D eigenvalue weighted by atomic mass is 32.2.